The Kier molecular flexibility index (Phi) is 2.96. The zero-order valence-corrected chi connectivity index (χ0v) is 12.4. The van der Waals surface area contributed by atoms with Crippen LogP contribution in [0.1, 0.15) is 31.2 Å². The molecule has 4 rings (SSSR count). The van der Waals surface area contributed by atoms with Crippen LogP contribution in [0, 0.1) is 0 Å². The number of carbonyl (C=O) groups is 1. The number of hydrogen-bond donors (Lipinski definition) is 1. The summed E-state index contributed by atoms with van der Waals surface area (Å²) in [7, 11) is 0. The minimum absolute atomic E-state index is 0.242. The zero-order chi connectivity index (χ0) is 14.4. The molecule has 1 saturated carbocycles. The number of rotatable bonds is 2. The summed E-state index contributed by atoms with van der Waals surface area (Å²) < 4.78 is 0. The average molecular weight is 285 g/mol. The Labute approximate surface area is 125 Å². The van der Waals surface area contributed by atoms with Crippen LogP contribution in [0.15, 0.2) is 24.3 Å². The van der Waals surface area contributed by atoms with Gasteiger partial charge in [-0.3, -0.25) is 9.69 Å². The lowest BCUT2D eigenvalue weighted by Gasteiger charge is -2.39. The van der Waals surface area contributed by atoms with Gasteiger partial charge in [0.15, 0.2) is 0 Å². The molecule has 0 bridgehead atoms. The van der Waals surface area contributed by atoms with E-state index in [0.29, 0.717) is 11.9 Å². The van der Waals surface area contributed by atoms with E-state index in [0.717, 1.165) is 43.7 Å². The third-order valence-corrected chi connectivity index (χ3v) is 5.50. The first-order chi connectivity index (χ1) is 10.2. The Morgan fingerprint density at radius 1 is 1.14 bits per heavy atom. The first kappa shape index (κ1) is 13.1. The van der Waals surface area contributed by atoms with Gasteiger partial charge >= 0.3 is 0 Å². The van der Waals surface area contributed by atoms with E-state index in [9.17, 15) is 4.79 Å². The molecule has 1 amide bonds. The number of nitrogen functional groups attached to an aromatic ring is 1. The summed E-state index contributed by atoms with van der Waals surface area (Å²) >= 11 is 0. The molecule has 3 aliphatic rings. The Bertz CT molecular complexity index is 550. The number of amides is 1. The Hall–Kier alpha value is -1.55. The molecule has 1 aromatic carbocycles. The number of fused-ring (bicyclic) bond motifs is 1. The topological polar surface area (TPSA) is 49.6 Å². The van der Waals surface area contributed by atoms with E-state index in [1.165, 1.54) is 19.4 Å². The van der Waals surface area contributed by atoms with Crippen LogP contribution in [0.4, 0.5) is 5.69 Å². The second-order valence-corrected chi connectivity index (χ2v) is 6.79. The third-order valence-electron chi connectivity index (χ3n) is 5.50. The van der Waals surface area contributed by atoms with Crippen molar-refractivity contribution in [2.24, 2.45) is 0 Å². The van der Waals surface area contributed by atoms with Gasteiger partial charge in [0.25, 0.3) is 0 Å². The van der Waals surface area contributed by atoms with Crippen LogP contribution in [-0.4, -0.2) is 47.9 Å². The molecule has 2 N–H and O–H groups in total. The second-order valence-electron chi connectivity index (χ2n) is 6.79. The van der Waals surface area contributed by atoms with Crippen molar-refractivity contribution in [1.29, 1.82) is 0 Å². The smallest absolute Gasteiger partial charge is 0.233 e. The fraction of sp³-hybridized carbons (Fsp3) is 0.588. The van der Waals surface area contributed by atoms with Crippen molar-refractivity contribution in [2.75, 3.05) is 31.9 Å². The molecule has 0 radical (unpaired) electrons. The summed E-state index contributed by atoms with van der Waals surface area (Å²) in [4.78, 5) is 17.7. The van der Waals surface area contributed by atoms with Gasteiger partial charge in [-0.2, -0.15) is 0 Å². The number of carbonyl (C=O) groups excluding carboxylic acids is 1. The van der Waals surface area contributed by atoms with Crippen molar-refractivity contribution in [3.63, 3.8) is 0 Å². The minimum Gasteiger partial charge on any atom is -0.399 e. The maximum atomic E-state index is 13.0. The molecule has 1 unspecified atom stereocenters. The lowest BCUT2D eigenvalue weighted by molar-refractivity contribution is -0.136. The van der Waals surface area contributed by atoms with Crippen LogP contribution in [0.3, 0.4) is 0 Å². The van der Waals surface area contributed by atoms with Crippen LogP contribution in [0.5, 0.6) is 0 Å². The molecule has 3 fully saturated rings. The third kappa shape index (κ3) is 2.13. The van der Waals surface area contributed by atoms with Crippen molar-refractivity contribution in [2.45, 2.75) is 37.1 Å². The average Bonchev–Trinajstić information content (AvgIpc) is 3.18. The van der Waals surface area contributed by atoms with Crippen molar-refractivity contribution >= 4 is 11.6 Å². The van der Waals surface area contributed by atoms with E-state index in [1.54, 1.807) is 0 Å². The summed E-state index contributed by atoms with van der Waals surface area (Å²) in [6.07, 6.45) is 4.51. The molecule has 4 nitrogen and oxygen atoms in total. The minimum atomic E-state index is -0.242. The molecule has 0 aromatic heterocycles. The monoisotopic (exact) mass is 285 g/mol. The van der Waals surface area contributed by atoms with Gasteiger partial charge in [-0.25, -0.2) is 0 Å². The maximum absolute atomic E-state index is 13.0. The van der Waals surface area contributed by atoms with E-state index in [2.05, 4.69) is 9.80 Å². The van der Waals surface area contributed by atoms with Crippen LogP contribution < -0.4 is 5.73 Å². The molecular weight excluding hydrogens is 262 g/mol. The normalized spacial score (nSPS) is 27.4. The lowest BCUT2D eigenvalue weighted by Crippen LogP contribution is -2.54. The van der Waals surface area contributed by atoms with Gasteiger partial charge in [0.05, 0.1) is 5.41 Å². The lowest BCUT2D eigenvalue weighted by atomic mass is 9.93. The Morgan fingerprint density at radius 2 is 1.90 bits per heavy atom. The quantitative estimate of drug-likeness (QED) is 0.840. The predicted octanol–water partition coefficient (Wildman–Crippen LogP) is 1.61. The molecule has 0 spiro atoms. The van der Waals surface area contributed by atoms with Crippen molar-refractivity contribution in [3.05, 3.63) is 29.8 Å². The van der Waals surface area contributed by atoms with Gasteiger partial charge in [-0.1, -0.05) is 12.1 Å². The summed E-state index contributed by atoms with van der Waals surface area (Å²) in [5.74, 6) is 0.346. The largest absolute Gasteiger partial charge is 0.399 e. The second kappa shape index (κ2) is 4.73. The van der Waals surface area contributed by atoms with E-state index in [1.807, 2.05) is 24.3 Å². The highest BCUT2D eigenvalue weighted by Gasteiger charge is 2.53. The summed E-state index contributed by atoms with van der Waals surface area (Å²) in [6, 6.07) is 8.50. The fourth-order valence-corrected chi connectivity index (χ4v) is 4.03. The molecule has 2 heterocycles. The van der Waals surface area contributed by atoms with E-state index in [-0.39, 0.29) is 5.41 Å². The van der Waals surface area contributed by atoms with Crippen molar-refractivity contribution < 1.29 is 4.79 Å². The van der Waals surface area contributed by atoms with E-state index >= 15 is 0 Å². The van der Waals surface area contributed by atoms with E-state index < -0.39 is 0 Å². The zero-order valence-electron chi connectivity index (χ0n) is 12.4. The number of benzene rings is 1. The van der Waals surface area contributed by atoms with Gasteiger partial charge in [-0.15, -0.1) is 0 Å². The van der Waals surface area contributed by atoms with Gasteiger partial charge in [0, 0.05) is 31.4 Å². The number of nitrogens with zero attached hydrogens (tertiary/aromatic N) is 2. The summed E-state index contributed by atoms with van der Waals surface area (Å²) in [6.45, 7) is 4.09. The van der Waals surface area contributed by atoms with Gasteiger partial charge < -0.3 is 10.6 Å². The van der Waals surface area contributed by atoms with Gasteiger partial charge in [0.1, 0.15) is 0 Å². The predicted molar refractivity (Wildman–Crippen MR) is 82.9 cm³/mol. The number of piperazine rings is 1. The van der Waals surface area contributed by atoms with Crippen LogP contribution in [0.25, 0.3) is 0 Å². The van der Waals surface area contributed by atoms with Crippen molar-refractivity contribution in [3.8, 4) is 0 Å². The first-order valence-electron chi connectivity index (χ1n) is 8.08. The molecule has 2 saturated heterocycles. The van der Waals surface area contributed by atoms with Gasteiger partial charge in [-0.05, 0) is 49.9 Å². The standard InChI is InChI=1S/C17H23N3O/c18-14-5-3-13(4-6-14)17(7-8-17)16(21)20-11-10-19-9-1-2-15(19)12-20/h3-6,15H,1-2,7-12,18H2. The molecule has 1 aliphatic carbocycles. The molecular formula is C17H23N3O. The fourth-order valence-electron chi connectivity index (χ4n) is 4.03. The molecule has 1 atom stereocenters. The molecule has 2 aliphatic heterocycles. The highest BCUT2D eigenvalue weighted by Crippen LogP contribution is 2.50. The molecule has 112 valence electrons. The number of nitrogens with two attached hydrogens (primary N) is 1. The first-order valence-corrected chi connectivity index (χ1v) is 8.08. The van der Waals surface area contributed by atoms with Gasteiger partial charge in [0.2, 0.25) is 5.91 Å². The Balaban J connectivity index is 1.53. The van der Waals surface area contributed by atoms with Crippen LogP contribution in [0.2, 0.25) is 0 Å². The summed E-state index contributed by atoms with van der Waals surface area (Å²) in [5, 5.41) is 0. The van der Waals surface area contributed by atoms with Crippen LogP contribution in [-0.2, 0) is 10.2 Å². The van der Waals surface area contributed by atoms with Crippen LogP contribution >= 0.6 is 0 Å². The van der Waals surface area contributed by atoms with Crippen molar-refractivity contribution in [1.82, 2.24) is 9.80 Å². The highest BCUT2D eigenvalue weighted by atomic mass is 16.2. The SMILES string of the molecule is Nc1ccc(C2(C(=O)N3CCN4CCCC4C3)CC2)cc1. The maximum Gasteiger partial charge on any atom is 0.233 e. The molecule has 4 heteroatoms. The molecule has 21 heavy (non-hydrogen) atoms. The number of hydrogen-bond acceptors (Lipinski definition) is 3. The highest BCUT2D eigenvalue weighted by molar-refractivity contribution is 5.91. The molecule has 1 aromatic rings. The number of anilines is 1. The van der Waals surface area contributed by atoms with E-state index in [4.69, 9.17) is 5.73 Å². The summed E-state index contributed by atoms with van der Waals surface area (Å²) in [5.41, 5.74) is 7.44. The Morgan fingerprint density at radius 3 is 2.62 bits per heavy atom.